The minimum Gasteiger partial charge on any atom is -0.450 e. The minimum atomic E-state index is -0.328. The van der Waals surface area contributed by atoms with Gasteiger partial charge in [-0.2, -0.15) is 0 Å². The van der Waals surface area contributed by atoms with Crippen molar-refractivity contribution in [3.63, 3.8) is 0 Å². The Labute approximate surface area is 93.4 Å². The van der Waals surface area contributed by atoms with Crippen LogP contribution in [0.3, 0.4) is 0 Å². The zero-order valence-corrected chi connectivity index (χ0v) is 9.65. The number of amides is 1. The molecule has 4 heteroatoms. The third-order valence-electron chi connectivity index (χ3n) is 2.48. The van der Waals surface area contributed by atoms with Crippen molar-refractivity contribution < 1.29 is 9.53 Å². The number of aryl methyl sites for hydroxylation is 2. The quantitative estimate of drug-likeness (QED) is 0.858. The van der Waals surface area contributed by atoms with Gasteiger partial charge in [-0.3, -0.25) is 0 Å². The summed E-state index contributed by atoms with van der Waals surface area (Å²) in [5.41, 5.74) is 1.47. The van der Waals surface area contributed by atoms with E-state index in [9.17, 15) is 4.79 Å². The van der Waals surface area contributed by atoms with E-state index in [0.29, 0.717) is 13.2 Å². The first-order chi connectivity index (χ1) is 7.29. The average Bonchev–Trinajstić information content (AvgIpc) is 2.74. The van der Waals surface area contributed by atoms with Crippen molar-refractivity contribution in [2.45, 2.75) is 32.7 Å². The van der Waals surface area contributed by atoms with Gasteiger partial charge in [0.2, 0.25) is 0 Å². The number of nitrogens with one attached hydrogen (secondary N) is 1. The first-order valence-corrected chi connectivity index (χ1v) is 6.12. The van der Waals surface area contributed by atoms with Crippen molar-refractivity contribution in [3.05, 3.63) is 21.4 Å². The molecule has 2 rings (SSSR count). The molecule has 1 aliphatic carbocycles. The van der Waals surface area contributed by atoms with E-state index in [1.54, 1.807) is 6.92 Å². The molecule has 0 saturated carbocycles. The highest BCUT2D eigenvalue weighted by atomic mass is 32.1. The number of alkyl carbamates (subject to hydrolysis) is 1. The molecule has 1 heterocycles. The SMILES string of the molecule is CCOC(=O)NCc1cc2c(s1)CCC2. The first-order valence-electron chi connectivity index (χ1n) is 5.30. The van der Waals surface area contributed by atoms with Crippen LogP contribution in [0.4, 0.5) is 4.79 Å². The molecule has 0 radical (unpaired) electrons. The van der Waals surface area contributed by atoms with E-state index in [1.807, 2.05) is 11.3 Å². The summed E-state index contributed by atoms with van der Waals surface area (Å²) in [6.45, 7) is 2.82. The maximum absolute atomic E-state index is 11.1. The van der Waals surface area contributed by atoms with Gasteiger partial charge in [-0.15, -0.1) is 11.3 Å². The molecular weight excluding hydrogens is 210 g/mol. The van der Waals surface area contributed by atoms with Gasteiger partial charge in [0.05, 0.1) is 13.2 Å². The third-order valence-corrected chi connectivity index (χ3v) is 3.72. The minimum absolute atomic E-state index is 0.328. The van der Waals surface area contributed by atoms with Gasteiger partial charge in [0.25, 0.3) is 0 Å². The van der Waals surface area contributed by atoms with Gasteiger partial charge >= 0.3 is 6.09 Å². The number of rotatable bonds is 3. The Kier molecular flexibility index (Phi) is 3.26. The number of carbonyl (C=O) groups is 1. The van der Waals surface area contributed by atoms with Crippen LogP contribution in [0.25, 0.3) is 0 Å². The summed E-state index contributed by atoms with van der Waals surface area (Å²) < 4.78 is 4.80. The molecule has 0 bridgehead atoms. The van der Waals surface area contributed by atoms with Crippen LogP contribution in [0.5, 0.6) is 0 Å². The van der Waals surface area contributed by atoms with Gasteiger partial charge in [0.15, 0.2) is 0 Å². The highest BCUT2D eigenvalue weighted by molar-refractivity contribution is 7.12. The smallest absolute Gasteiger partial charge is 0.407 e. The Morgan fingerprint density at radius 2 is 2.47 bits per heavy atom. The third kappa shape index (κ3) is 2.50. The second-order valence-electron chi connectivity index (χ2n) is 3.59. The maximum Gasteiger partial charge on any atom is 0.407 e. The molecule has 0 fully saturated rings. The number of hydrogen-bond donors (Lipinski definition) is 1. The van der Waals surface area contributed by atoms with Crippen molar-refractivity contribution >= 4 is 17.4 Å². The number of hydrogen-bond acceptors (Lipinski definition) is 3. The van der Waals surface area contributed by atoms with Crippen molar-refractivity contribution in [2.75, 3.05) is 6.61 Å². The van der Waals surface area contributed by atoms with E-state index < -0.39 is 0 Å². The molecule has 15 heavy (non-hydrogen) atoms. The van der Waals surface area contributed by atoms with Gasteiger partial charge in [-0.05, 0) is 37.8 Å². The average molecular weight is 225 g/mol. The molecule has 0 saturated heterocycles. The van der Waals surface area contributed by atoms with E-state index in [0.717, 1.165) is 0 Å². The lowest BCUT2D eigenvalue weighted by Gasteiger charge is -2.02. The Morgan fingerprint density at radius 3 is 3.20 bits per heavy atom. The standard InChI is InChI=1S/C11H15NO2S/c1-2-14-11(13)12-7-9-6-8-4-3-5-10(8)15-9/h6H,2-5,7H2,1H3,(H,12,13). The predicted molar refractivity (Wildman–Crippen MR) is 60.2 cm³/mol. The first kappa shape index (κ1) is 10.5. The second-order valence-corrected chi connectivity index (χ2v) is 4.81. The molecule has 82 valence electrons. The Bertz CT molecular complexity index is 338. The van der Waals surface area contributed by atoms with Crippen molar-refractivity contribution in [3.8, 4) is 0 Å². The summed E-state index contributed by atoms with van der Waals surface area (Å²) in [6, 6.07) is 2.21. The van der Waals surface area contributed by atoms with E-state index in [-0.39, 0.29) is 6.09 Å². The summed E-state index contributed by atoms with van der Waals surface area (Å²) in [6.07, 6.45) is 3.36. The number of fused-ring (bicyclic) bond motifs is 1. The lowest BCUT2D eigenvalue weighted by Crippen LogP contribution is -2.23. The Hall–Kier alpha value is -1.03. The predicted octanol–water partition coefficient (Wildman–Crippen LogP) is 2.48. The van der Waals surface area contributed by atoms with Crippen LogP contribution in [0, 0.1) is 0 Å². The molecule has 0 aromatic carbocycles. The van der Waals surface area contributed by atoms with Crippen molar-refractivity contribution in [1.29, 1.82) is 0 Å². The van der Waals surface area contributed by atoms with Gasteiger partial charge in [0.1, 0.15) is 0 Å². The molecule has 1 aromatic rings. The molecule has 0 spiro atoms. The van der Waals surface area contributed by atoms with Crippen LogP contribution in [-0.2, 0) is 24.1 Å². The van der Waals surface area contributed by atoms with Crippen molar-refractivity contribution in [2.24, 2.45) is 0 Å². The number of ether oxygens (including phenoxy) is 1. The fourth-order valence-electron chi connectivity index (χ4n) is 1.82. The summed E-state index contributed by atoms with van der Waals surface area (Å²) in [5, 5.41) is 2.74. The number of thiophene rings is 1. The molecule has 1 N–H and O–H groups in total. The fraction of sp³-hybridized carbons (Fsp3) is 0.545. The number of carbonyl (C=O) groups excluding carboxylic acids is 1. The summed E-state index contributed by atoms with van der Waals surface area (Å²) >= 11 is 1.81. The fourth-order valence-corrected chi connectivity index (χ4v) is 3.02. The second kappa shape index (κ2) is 4.66. The molecular formula is C11H15NO2S. The Balaban J connectivity index is 1.86. The van der Waals surface area contributed by atoms with Gasteiger partial charge in [-0.25, -0.2) is 4.79 Å². The normalized spacial score (nSPS) is 13.7. The van der Waals surface area contributed by atoms with Crippen LogP contribution in [0.1, 0.15) is 28.7 Å². The molecule has 0 atom stereocenters. The zero-order chi connectivity index (χ0) is 10.7. The van der Waals surface area contributed by atoms with Crippen LogP contribution >= 0.6 is 11.3 Å². The van der Waals surface area contributed by atoms with Crippen LogP contribution in [0.15, 0.2) is 6.07 Å². The van der Waals surface area contributed by atoms with Gasteiger partial charge in [0, 0.05) is 9.75 Å². The molecule has 1 aliphatic rings. The monoisotopic (exact) mass is 225 g/mol. The lowest BCUT2D eigenvalue weighted by molar-refractivity contribution is 0.152. The van der Waals surface area contributed by atoms with Gasteiger partial charge < -0.3 is 10.1 Å². The largest absolute Gasteiger partial charge is 0.450 e. The lowest BCUT2D eigenvalue weighted by atomic mass is 10.2. The molecule has 1 aromatic heterocycles. The summed E-state index contributed by atoms with van der Waals surface area (Å²) in [5.74, 6) is 0. The maximum atomic E-state index is 11.1. The van der Waals surface area contributed by atoms with Gasteiger partial charge in [-0.1, -0.05) is 0 Å². The zero-order valence-electron chi connectivity index (χ0n) is 8.84. The van der Waals surface area contributed by atoms with Crippen LogP contribution in [0.2, 0.25) is 0 Å². The van der Waals surface area contributed by atoms with Crippen LogP contribution in [-0.4, -0.2) is 12.7 Å². The highest BCUT2D eigenvalue weighted by Crippen LogP contribution is 2.30. The summed E-state index contributed by atoms with van der Waals surface area (Å²) in [4.78, 5) is 13.8. The van der Waals surface area contributed by atoms with E-state index in [1.165, 1.54) is 34.6 Å². The van der Waals surface area contributed by atoms with Crippen LogP contribution < -0.4 is 5.32 Å². The summed E-state index contributed by atoms with van der Waals surface area (Å²) in [7, 11) is 0. The van der Waals surface area contributed by atoms with Crippen molar-refractivity contribution in [1.82, 2.24) is 5.32 Å². The molecule has 1 amide bonds. The topological polar surface area (TPSA) is 38.3 Å². The van der Waals surface area contributed by atoms with E-state index in [4.69, 9.17) is 4.74 Å². The van der Waals surface area contributed by atoms with E-state index in [2.05, 4.69) is 11.4 Å². The Morgan fingerprint density at radius 1 is 1.60 bits per heavy atom. The molecule has 3 nitrogen and oxygen atoms in total. The molecule has 0 aliphatic heterocycles. The van der Waals surface area contributed by atoms with E-state index >= 15 is 0 Å². The molecule has 0 unspecified atom stereocenters. The highest BCUT2D eigenvalue weighted by Gasteiger charge is 2.14.